The molecule has 23 heavy (non-hydrogen) atoms. The molecule has 1 aromatic rings. The quantitative estimate of drug-likeness (QED) is 0.901. The number of rotatable bonds is 3. The molecule has 1 heterocycles. The van der Waals surface area contributed by atoms with Gasteiger partial charge in [0, 0.05) is 36.3 Å². The summed E-state index contributed by atoms with van der Waals surface area (Å²) >= 11 is 0. The molecule has 1 aromatic carbocycles. The van der Waals surface area contributed by atoms with E-state index in [4.69, 9.17) is 10.5 Å². The summed E-state index contributed by atoms with van der Waals surface area (Å²) in [7, 11) is 0. The third-order valence-electron chi connectivity index (χ3n) is 6.38. The highest BCUT2D eigenvalue weighted by Crippen LogP contribution is 2.55. The van der Waals surface area contributed by atoms with E-state index in [0.29, 0.717) is 5.92 Å². The van der Waals surface area contributed by atoms with Crippen molar-refractivity contribution in [3.8, 4) is 0 Å². The van der Waals surface area contributed by atoms with Crippen molar-refractivity contribution >= 4 is 5.91 Å². The number of carbonyl (C=O) groups excluding carboxylic acids is 1. The van der Waals surface area contributed by atoms with Gasteiger partial charge in [0.25, 0.3) is 5.91 Å². The largest absolute Gasteiger partial charge is 0.381 e. The first-order chi connectivity index (χ1) is 11.2. The molecule has 2 saturated carbocycles. The Labute approximate surface area is 137 Å². The molecule has 0 bridgehead atoms. The van der Waals surface area contributed by atoms with Crippen LogP contribution in [0.15, 0.2) is 24.3 Å². The van der Waals surface area contributed by atoms with Crippen LogP contribution in [-0.2, 0) is 4.74 Å². The van der Waals surface area contributed by atoms with Crippen molar-refractivity contribution in [1.29, 1.82) is 0 Å². The summed E-state index contributed by atoms with van der Waals surface area (Å²) in [4.78, 5) is 12.5. The van der Waals surface area contributed by atoms with Crippen molar-refractivity contribution in [2.75, 3.05) is 13.2 Å². The van der Waals surface area contributed by atoms with E-state index < -0.39 is 0 Å². The zero-order valence-corrected chi connectivity index (χ0v) is 13.6. The van der Waals surface area contributed by atoms with E-state index >= 15 is 0 Å². The number of benzene rings is 1. The molecule has 3 N–H and O–H groups in total. The predicted octanol–water partition coefficient (Wildman–Crippen LogP) is 2.58. The molecule has 1 saturated heterocycles. The summed E-state index contributed by atoms with van der Waals surface area (Å²) < 4.78 is 5.42. The van der Waals surface area contributed by atoms with Gasteiger partial charge < -0.3 is 15.8 Å². The van der Waals surface area contributed by atoms with E-state index in [0.717, 1.165) is 38.0 Å². The lowest BCUT2D eigenvalue weighted by Crippen LogP contribution is -2.69. The first kappa shape index (κ1) is 15.2. The fraction of sp³-hybridized carbons (Fsp3) is 0.632. The van der Waals surface area contributed by atoms with Crippen LogP contribution in [0, 0.1) is 5.41 Å². The molecule has 0 aromatic heterocycles. The summed E-state index contributed by atoms with van der Waals surface area (Å²) in [5, 5.41) is 3.22. The van der Waals surface area contributed by atoms with Crippen LogP contribution < -0.4 is 11.1 Å². The molecule has 2 atom stereocenters. The van der Waals surface area contributed by atoms with Crippen LogP contribution >= 0.6 is 0 Å². The Morgan fingerprint density at radius 2 is 1.87 bits per heavy atom. The molecule has 1 amide bonds. The van der Waals surface area contributed by atoms with Gasteiger partial charge in [-0.05, 0) is 55.7 Å². The molecular weight excluding hydrogens is 288 g/mol. The Hall–Kier alpha value is -1.39. The minimum Gasteiger partial charge on any atom is -0.381 e. The summed E-state index contributed by atoms with van der Waals surface area (Å²) in [5.74, 6) is 0.621. The van der Waals surface area contributed by atoms with Crippen molar-refractivity contribution in [2.24, 2.45) is 11.1 Å². The molecule has 124 valence electrons. The lowest BCUT2D eigenvalue weighted by atomic mass is 9.50. The highest BCUT2D eigenvalue weighted by Gasteiger charge is 2.57. The topological polar surface area (TPSA) is 64.3 Å². The van der Waals surface area contributed by atoms with E-state index in [1.165, 1.54) is 24.8 Å². The molecule has 1 aliphatic heterocycles. The number of hydrogen-bond donors (Lipinski definition) is 2. The van der Waals surface area contributed by atoms with Gasteiger partial charge in [-0.15, -0.1) is 0 Å². The number of carbonyl (C=O) groups is 1. The lowest BCUT2D eigenvalue weighted by molar-refractivity contribution is -0.0389. The van der Waals surface area contributed by atoms with Gasteiger partial charge in [-0.3, -0.25) is 4.79 Å². The first-order valence-electron chi connectivity index (χ1n) is 8.93. The first-order valence-corrected chi connectivity index (χ1v) is 8.93. The minimum atomic E-state index is 0.0479. The molecule has 4 rings (SSSR count). The average molecular weight is 314 g/mol. The maximum atomic E-state index is 12.5. The maximum Gasteiger partial charge on any atom is 0.251 e. The average Bonchev–Trinajstić information content (AvgIpc) is 2.53. The Kier molecular flexibility index (Phi) is 3.90. The van der Waals surface area contributed by atoms with Crippen molar-refractivity contribution in [1.82, 2.24) is 5.32 Å². The Balaban J connectivity index is 1.39. The van der Waals surface area contributed by atoms with Crippen LogP contribution in [0.1, 0.15) is 60.4 Å². The van der Waals surface area contributed by atoms with Crippen molar-refractivity contribution in [2.45, 2.75) is 56.5 Å². The highest BCUT2D eigenvalue weighted by molar-refractivity contribution is 5.94. The van der Waals surface area contributed by atoms with Crippen molar-refractivity contribution in [3.05, 3.63) is 35.4 Å². The Morgan fingerprint density at radius 1 is 1.17 bits per heavy atom. The Bertz CT molecular complexity index is 574. The number of nitrogens with one attached hydrogen (secondary N) is 1. The standard InChI is InChI=1S/C19H26N2O2/c20-16-12-17(19(16)8-1-9-19)21-18(22)15-4-2-13(3-5-15)14-6-10-23-11-7-14/h2-5,14,16-17H,1,6-12,20H2,(H,21,22). The van der Waals surface area contributed by atoms with Gasteiger partial charge in [0.2, 0.25) is 0 Å². The zero-order chi connectivity index (χ0) is 15.9. The van der Waals surface area contributed by atoms with Gasteiger partial charge in [-0.1, -0.05) is 18.6 Å². The second-order valence-corrected chi connectivity index (χ2v) is 7.46. The van der Waals surface area contributed by atoms with Crippen LogP contribution in [-0.4, -0.2) is 31.2 Å². The highest BCUT2D eigenvalue weighted by atomic mass is 16.5. The van der Waals surface area contributed by atoms with E-state index in [1.807, 2.05) is 12.1 Å². The van der Waals surface area contributed by atoms with Crippen molar-refractivity contribution < 1.29 is 9.53 Å². The van der Waals surface area contributed by atoms with Crippen LogP contribution in [0.2, 0.25) is 0 Å². The minimum absolute atomic E-state index is 0.0479. The molecule has 1 spiro atoms. The second kappa shape index (κ2) is 5.91. The number of nitrogens with two attached hydrogens (primary N) is 1. The van der Waals surface area contributed by atoms with Gasteiger partial charge in [0.15, 0.2) is 0 Å². The number of hydrogen-bond acceptors (Lipinski definition) is 3. The monoisotopic (exact) mass is 314 g/mol. The fourth-order valence-electron chi connectivity index (χ4n) is 4.51. The third kappa shape index (κ3) is 2.58. The van der Waals surface area contributed by atoms with E-state index in [1.54, 1.807) is 0 Å². The van der Waals surface area contributed by atoms with Crippen molar-refractivity contribution in [3.63, 3.8) is 0 Å². The van der Waals surface area contributed by atoms with Crippen LogP contribution in [0.5, 0.6) is 0 Å². The van der Waals surface area contributed by atoms with Crippen LogP contribution in [0.4, 0.5) is 0 Å². The Morgan fingerprint density at radius 3 is 2.43 bits per heavy atom. The van der Waals surface area contributed by atoms with Gasteiger partial charge in [0.05, 0.1) is 0 Å². The molecular formula is C19H26N2O2. The van der Waals surface area contributed by atoms with Crippen LogP contribution in [0.3, 0.4) is 0 Å². The SMILES string of the molecule is NC1CC(NC(=O)c2ccc(C3CCOCC3)cc2)C12CCC2. The van der Waals surface area contributed by atoms with Gasteiger partial charge in [-0.2, -0.15) is 0 Å². The summed E-state index contributed by atoms with van der Waals surface area (Å²) in [5.41, 5.74) is 8.46. The summed E-state index contributed by atoms with van der Waals surface area (Å²) in [6, 6.07) is 8.69. The molecule has 3 fully saturated rings. The normalized spacial score (nSPS) is 29.6. The van der Waals surface area contributed by atoms with E-state index in [9.17, 15) is 4.79 Å². The fourth-order valence-corrected chi connectivity index (χ4v) is 4.51. The zero-order valence-electron chi connectivity index (χ0n) is 13.6. The van der Waals surface area contributed by atoms with E-state index in [2.05, 4.69) is 17.4 Å². The summed E-state index contributed by atoms with van der Waals surface area (Å²) in [6.07, 6.45) is 6.66. The van der Waals surface area contributed by atoms with Crippen LogP contribution in [0.25, 0.3) is 0 Å². The molecule has 2 aliphatic carbocycles. The second-order valence-electron chi connectivity index (χ2n) is 7.46. The van der Waals surface area contributed by atoms with Gasteiger partial charge >= 0.3 is 0 Å². The lowest BCUT2D eigenvalue weighted by Gasteiger charge is -2.60. The number of ether oxygens (including phenoxy) is 1. The molecule has 0 radical (unpaired) electrons. The smallest absolute Gasteiger partial charge is 0.251 e. The van der Waals surface area contributed by atoms with Gasteiger partial charge in [-0.25, -0.2) is 0 Å². The molecule has 2 unspecified atom stereocenters. The molecule has 3 aliphatic rings. The third-order valence-corrected chi connectivity index (χ3v) is 6.38. The summed E-state index contributed by atoms with van der Waals surface area (Å²) in [6.45, 7) is 1.69. The molecule has 4 heteroatoms. The number of amides is 1. The predicted molar refractivity (Wildman–Crippen MR) is 89.4 cm³/mol. The maximum absolute atomic E-state index is 12.5. The van der Waals surface area contributed by atoms with Gasteiger partial charge in [0.1, 0.15) is 0 Å². The molecule has 4 nitrogen and oxygen atoms in total. The van der Waals surface area contributed by atoms with E-state index in [-0.39, 0.29) is 23.4 Å².